The number of carbonyl (C=O) groups is 1. The molecule has 0 radical (unpaired) electrons. The van der Waals surface area contributed by atoms with Crippen LogP contribution in [0.4, 0.5) is 4.79 Å². The maximum atomic E-state index is 12.4. The van der Waals surface area contributed by atoms with Crippen molar-refractivity contribution in [2.75, 3.05) is 21.0 Å². The molecular weight excluding hydrogens is 348 g/mol. The third-order valence-electron chi connectivity index (χ3n) is 4.92. The van der Waals surface area contributed by atoms with Crippen LogP contribution in [0.3, 0.4) is 0 Å². The number of amides is 2. The summed E-state index contributed by atoms with van der Waals surface area (Å²) in [5, 5.41) is 5.94. The summed E-state index contributed by atoms with van der Waals surface area (Å²) in [6.45, 7) is 0.649. The normalized spacial score (nSPS) is 16.6. The van der Waals surface area contributed by atoms with Crippen molar-refractivity contribution in [3.8, 4) is 23.0 Å². The van der Waals surface area contributed by atoms with E-state index in [1.54, 1.807) is 14.2 Å². The van der Waals surface area contributed by atoms with E-state index in [4.69, 9.17) is 18.9 Å². The monoisotopic (exact) mass is 370 g/mol. The van der Waals surface area contributed by atoms with Gasteiger partial charge in [-0.1, -0.05) is 6.07 Å². The predicted molar refractivity (Wildman–Crippen MR) is 98.5 cm³/mol. The van der Waals surface area contributed by atoms with Crippen LogP contribution in [0.25, 0.3) is 0 Å². The van der Waals surface area contributed by atoms with Crippen molar-refractivity contribution in [3.63, 3.8) is 0 Å². The summed E-state index contributed by atoms with van der Waals surface area (Å²) in [4.78, 5) is 12.4. The topological polar surface area (TPSA) is 78.1 Å². The van der Waals surface area contributed by atoms with E-state index >= 15 is 0 Å². The maximum absolute atomic E-state index is 12.4. The molecule has 1 unspecified atom stereocenters. The van der Waals surface area contributed by atoms with Gasteiger partial charge in [0.2, 0.25) is 6.79 Å². The highest BCUT2D eigenvalue weighted by atomic mass is 16.7. The summed E-state index contributed by atoms with van der Waals surface area (Å²) in [6.07, 6.45) is 1.74. The average Bonchev–Trinajstić information content (AvgIpc) is 3.31. The van der Waals surface area contributed by atoms with Gasteiger partial charge in [0.15, 0.2) is 23.0 Å². The van der Waals surface area contributed by atoms with Crippen LogP contribution < -0.4 is 29.6 Å². The maximum Gasteiger partial charge on any atom is 0.315 e. The molecule has 0 saturated heterocycles. The van der Waals surface area contributed by atoms with Gasteiger partial charge in [0, 0.05) is 6.54 Å². The summed E-state index contributed by atoms with van der Waals surface area (Å²) >= 11 is 0. The molecule has 7 nitrogen and oxygen atoms in total. The minimum Gasteiger partial charge on any atom is -0.493 e. The van der Waals surface area contributed by atoms with Crippen molar-refractivity contribution in [2.45, 2.75) is 25.4 Å². The molecule has 0 aromatic heterocycles. The number of urea groups is 1. The SMILES string of the molecule is COc1cc2c(cc1OC)C(NC(=O)NCc1ccc3c(c1)OCO3)CC2. The van der Waals surface area contributed by atoms with Gasteiger partial charge in [0.25, 0.3) is 0 Å². The number of methoxy groups -OCH3 is 2. The zero-order valence-corrected chi connectivity index (χ0v) is 15.3. The van der Waals surface area contributed by atoms with Crippen molar-refractivity contribution in [1.82, 2.24) is 10.6 Å². The van der Waals surface area contributed by atoms with Gasteiger partial charge >= 0.3 is 6.03 Å². The van der Waals surface area contributed by atoms with E-state index < -0.39 is 0 Å². The smallest absolute Gasteiger partial charge is 0.315 e. The number of fused-ring (bicyclic) bond motifs is 2. The fourth-order valence-corrected chi connectivity index (χ4v) is 3.53. The molecule has 1 aliphatic heterocycles. The van der Waals surface area contributed by atoms with Crippen LogP contribution in [0.2, 0.25) is 0 Å². The van der Waals surface area contributed by atoms with Crippen LogP contribution in [0, 0.1) is 0 Å². The molecule has 27 heavy (non-hydrogen) atoms. The van der Waals surface area contributed by atoms with Gasteiger partial charge < -0.3 is 29.6 Å². The van der Waals surface area contributed by atoms with Gasteiger partial charge in [-0.05, 0) is 53.8 Å². The number of hydrogen-bond donors (Lipinski definition) is 2. The first kappa shape index (κ1) is 17.3. The van der Waals surface area contributed by atoms with Crippen LogP contribution >= 0.6 is 0 Å². The second kappa shape index (κ2) is 7.26. The van der Waals surface area contributed by atoms with Gasteiger partial charge in [-0.3, -0.25) is 0 Å². The number of ether oxygens (including phenoxy) is 4. The Morgan fingerprint density at radius 1 is 1.11 bits per heavy atom. The zero-order valence-electron chi connectivity index (χ0n) is 15.3. The predicted octanol–water partition coefficient (Wildman–Crippen LogP) is 2.92. The molecule has 1 heterocycles. The highest BCUT2D eigenvalue weighted by molar-refractivity contribution is 5.75. The van der Waals surface area contributed by atoms with E-state index in [1.165, 1.54) is 5.56 Å². The third kappa shape index (κ3) is 3.45. The first-order valence-corrected chi connectivity index (χ1v) is 8.85. The Morgan fingerprint density at radius 2 is 1.89 bits per heavy atom. The van der Waals surface area contributed by atoms with E-state index in [-0.39, 0.29) is 18.9 Å². The van der Waals surface area contributed by atoms with Crippen molar-refractivity contribution < 1.29 is 23.7 Å². The number of hydrogen-bond acceptors (Lipinski definition) is 5. The summed E-state index contributed by atoms with van der Waals surface area (Å²) in [6, 6.07) is 9.33. The van der Waals surface area contributed by atoms with Gasteiger partial charge in [0.05, 0.1) is 20.3 Å². The molecular formula is C20H22N2O5. The largest absolute Gasteiger partial charge is 0.493 e. The van der Waals surface area contributed by atoms with E-state index in [0.29, 0.717) is 23.8 Å². The third-order valence-corrected chi connectivity index (χ3v) is 4.92. The number of nitrogens with one attached hydrogen (secondary N) is 2. The van der Waals surface area contributed by atoms with Crippen LogP contribution in [0.15, 0.2) is 30.3 Å². The highest BCUT2D eigenvalue weighted by Gasteiger charge is 2.26. The van der Waals surface area contributed by atoms with Gasteiger partial charge in [0.1, 0.15) is 0 Å². The first-order valence-electron chi connectivity index (χ1n) is 8.85. The van der Waals surface area contributed by atoms with Gasteiger partial charge in [-0.15, -0.1) is 0 Å². The average molecular weight is 370 g/mol. The molecule has 0 fully saturated rings. The lowest BCUT2D eigenvalue weighted by Gasteiger charge is -2.17. The van der Waals surface area contributed by atoms with E-state index in [1.807, 2.05) is 30.3 Å². The van der Waals surface area contributed by atoms with Crippen molar-refractivity contribution in [2.24, 2.45) is 0 Å². The summed E-state index contributed by atoms with van der Waals surface area (Å²) < 4.78 is 21.4. The Labute approximate surface area is 157 Å². The summed E-state index contributed by atoms with van der Waals surface area (Å²) in [5.41, 5.74) is 3.20. The Hall–Kier alpha value is -3.09. The molecule has 1 aliphatic carbocycles. The molecule has 0 saturated carbocycles. The van der Waals surface area contributed by atoms with E-state index in [9.17, 15) is 4.79 Å². The summed E-state index contributed by atoms with van der Waals surface area (Å²) in [5.74, 6) is 2.82. The lowest BCUT2D eigenvalue weighted by atomic mass is 10.1. The molecule has 1 atom stereocenters. The lowest BCUT2D eigenvalue weighted by Crippen LogP contribution is -2.36. The van der Waals surface area contributed by atoms with Crippen molar-refractivity contribution in [3.05, 3.63) is 47.0 Å². The molecule has 142 valence electrons. The Morgan fingerprint density at radius 3 is 2.70 bits per heavy atom. The van der Waals surface area contributed by atoms with Crippen LogP contribution in [0.1, 0.15) is 29.2 Å². The minimum absolute atomic E-state index is 0.0449. The molecule has 2 aromatic carbocycles. The standard InChI is InChI=1S/C20H22N2O5/c1-24-17-8-13-4-5-15(14(13)9-18(17)25-2)22-20(23)21-10-12-3-6-16-19(7-12)27-11-26-16/h3,6-9,15H,4-5,10-11H2,1-2H3,(H2,21,22,23). The Kier molecular flexibility index (Phi) is 4.66. The van der Waals surface area contributed by atoms with Crippen LogP contribution in [-0.4, -0.2) is 27.0 Å². The van der Waals surface area contributed by atoms with Crippen molar-refractivity contribution >= 4 is 6.03 Å². The van der Waals surface area contributed by atoms with E-state index in [0.717, 1.165) is 29.7 Å². The molecule has 0 spiro atoms. The lowest BCUT2D eigenvalue weighted by molar-refractivity contribution is 0.174. The Bertz CT molecular complexity index is 868. The van der Waals surface area contributed by atoms with Crippen molar-refractivity contribution in [1.29, 1.82) is 0 Å². The summed E-state index contributed by atoms with van der Waals surface area (Å²) in [7, 11) is 3.23. The first-order chi connectivity index (χ1) is 13.2. The molecule has 2 N–H and O–H groups in total. The van der Waals surface area contributed by atoms with Crippen LogP contribution in [-0.2, 0) is 13.0 Å². The number of benzene rings is 2. The van der Waals surface area contributed by atoms with Gasteiger partial charge in [-0.2, -0.15) is 0 Å². The second-order valence-corrected chi connectivity index (χ2v) is 6.51. The fraction of sp³-hybridized carbons (Fsp3) is 0.350. The molecule has 2 amide bonds. The second-order valence-electron chi connectivity index (χ2n) is 6.51. The number of carbonyl (C=O) groups excluding carboxylic acids is 1. The van der Waals surface area contributed by atoms with Crippen LogP contribution in [0.5, 0.6) is 23.0 Å². The molecule has 2 aromatic rings. The number of rotatable bonds is 5. The highest BCUT2D eigenvalue weighted by Crippen LogP contribution is 2.39. The van der Waals surface area contributed by atoms with E-state index in [2.05, 4.69) is 10.6 Å². The fourth-order valence-electron chi connectivity index (χ4n) is 3.53. The zero-order chi connectivity index (χ0) is 18.8. The Balaban J connectivity index is 1.38. The van der Waals surface area contributed by atoms with Gasteiger partial charge in [-0.25, -0.2) is 4.79 Å². The quantitative estimate of drug-likeness (QED) is 0.846. The number of aryl methyl sites for hydroxylation is 1. The molecule has 0 bridgehead atoms. The minimum atomic E-state index is -0.208. The molecule has 7 heteroatoms. The molecule has 4 rings (SSSR count). The molecule has 2 aliphatic rings.